The lowest BCUT2D eigenvalue weighted by Gasteiger charge is -2.22. The number of aliphatic hydroxyl groups excluding tert-OH is 1. The van der Waals surface area contributed by atoms with Gasteiger partial charge in [0.25, 0.3) is 5.91 Å². The molecule has 8 heteroatoms. The molecule has 0 spiro atoms. The lowest BCUT2D eigenvalue weighted by molar-refractivity contribution is 0.0994. The van der Waals surface area contributed by atoms with Crippen molar-refractivity contribution in [3.63, 3.8) is 0 Å². The third kappa shape index (κ3) is 6.47. The van der Waals surface area contributed by atoms with Gasteiger partial charge in [-0.3, -0.25) is 4.79 Å². The summed E-state index contributed by atoms with van der Waals surface area (Å²) in [6.45, 7) is 2.51. The highest BCUT2D eigenvalue weighted by Gasteiger charge is 2.19. The number of carbonyl (C=O) groups excluding carboxylic acids is 1. The number of benzene rings is 2. The molecular weight excluding hydrogens is 418 g/mol. The molecule has 3 aromatic rings. The Bertz CT molecular complexity index is 988. The summed E-state index contributed by atoms with van der Waals surface area (Å²) in [6.07, 6.45) is 3.77. The summed E-state index contributed by atoms with van der Waals surface area (Å²) in [5.41, 5.74) is 6.48. The molecule has 3 rings (SSSR count). The number of primary amides is 1. The fraction of sp³-hybridized carbons (Fsp3) is 0.304. The van der Waals surface area contributed by atoms with Crippen LogP contribution >= 0.6 is 11.6 Å². The predicted molar refractivity (Wildman–Crippen MR) is 119 cm³/mol. The SMILES string of the molecule is C[C@H](O)[C@@H](CCc1ccccc1OCCOc1ccc(Cl)cc1)n1cnc(C(N)=O)c1. The van der Waals surface area contributed by atoms with Gasteiger partial charge in [0.15, 0.2) is 0 Å². The predicted octanol–water partition coefficient (Wildman–Crippen LogP) is 3.65. The van der Waals surface area contributed by atoms with Crippen LogP contribution in [0.15, 0.2) is 61.1 Å². The number of aliphatic hydroxyl groups is 1. The van der Waals surface area contributed by atoms with Gasteiger partial charge in [0.05, 0.1) is 18.5 Å². The van der Waals surface area contributed by atoms with E-state index in [4.69, 9.17) is 26.8 Å². The molecular formula is C23H26ClN3O4. The molecule has 0 radical (unpaired) electrons. The average molecular weight is 444 g/mol. The summed E-state index contributed by atoms with van der Waals surface area (Å²) >= 11 is 5.87. The van der Waals surface area contributed by atoms with Crippen LogP contribution in [-0.4, -0.2) is 39.9 Å². The van der Waals surface area contributed by atoms with Crippen LogP contribution in [0.1, 0.15) is 35.4 Å². The summed E-state index contributed by atoms with van der Waals surface area (Å²) in [4.78, 5) is 15.3. The van der Waals surface area contributed by atoms with E-state index in [1.54, 1.807) is 29.8 Å². The van der Waals surface area contributed by atoms with Crippen molar-refractivity contribution in [2.75, 3.05) is 13.2 Å². The summed E-state index contributed by atoms with van der Waals surface area (Å²) < 4.78 is 13.3. The van der Waals surface area contributed by atoms with Crippen LogP contribution in [0.3, 0.4) is 0 Å². The summed E-state index contributed by atoms with van der Waals surface area (Å²) in [5.74, 6) is 0.911. The van der Waals surface area contributed by atoms with Gasteiger partial charge in [-0.2, -0.15) is 0 Å². The molecule has 164 valence electrons. The maximum atomic E-state index is 11.3. The highest BCUT2D eigenvalue weighted by atomic mass is 35.5. The van der Waals surface area contributed by atoms with Crippen LogP contribution in [0, 0.1) is 0 Å². The van der Waals surface area contributed by atoms with E-state index in [1.807, 2.05) is 36.4 Å². The first-order chi connectivity index (χ1) is 14.9. The minimum atomic E-state index is -0.629. The number of carbonyl (C=O) groups is 1. The number of hydrogen-bond acceptors (Lipinski definition) is 5. The van der Waals surface area contributed by atoms with Gasteiger partial charge in [0, 0.05) is 11.2 Å². The zero-order valence-electron chi connectivity index (χ0n) is 17.3. The number of aryl methyl sites for hydroxylation is 1. The molecule has 2 atom stereocenters. The third-order valence-corrected chi connectivity index (χ3v) is 5.15. The Labute approximate surface area is 186 Å². The van der Waals surface area contributed by atoms with Crippen molar-refractivity contribution in [3.8, 4) is 11.5 Å². The average Bonchev–Trinajstić information content (AvgIpc) is 3.23. The molecule has 2 aromatic carbocycles. The number of hydrogen-bond donors (Lipinski definition) is 2. The topological polar surface area (TPSA) is 99.6 Å². The summed E-state index contributed by atoms with van der Waals surface area (Å²) in [7, 11) is 0. The molecule has 7 nitrogen and oxygen atoms in total. The minimum Gasteiger partial charge on any atom is -0.490 e. The van der Waals surface area contributed by atoms with E-state index >= 15 is 0 Å². The van der Waals surface area contributed by atoms with Crippen LogP contribution in [0.25, 0.3) is 0 Å². The fourth-order valence-electron chi connectivity index (χ4n) is 3.28. The van der Waals surface area contributed by atoms with E-state index in [1.165, 1.54) is 6.33 Å². The molecule has 0 aliphatic rings. The van der Waals surface area contributed by atoms with Gasteiger partial charge in [-0.1, -0.05) is 29.8 Å². The second-order valence-electron chi connectivity index (χ2n) is 7.18. The molecule has 0 saturated heterocycles. The normalized spacial score (nSPS) is 12.9. The monoisotopic (exact) mass is 443 g/mol. The summed E-state index contributed by atoms with van der Waals surface area (Å²) in [6, 6.07) is 14.7. The first-order valence-electron chi connectivity index (χ1n) is 10.0. The van der Waals surface area contributed by atoms with Gasteiger partial charge in [-0.25, -0.2) is 4.98 Å². The van der Waals surface area contributed by atoms with Gasteiger partial charge in [-0.15, -0.1) is 0 Å². The third-order valence-electron chi connectivity index (χ3n) is 4.90. The highest BCUT2D eigenvalue weighted by Crippen LogP contribution is 2.25. The molecule has 1 heterocycles. The van der Waals surface area contributed by atoms with Crippen LogP contribution in [-0.2, 0) is 6.42 Å². The van der Waals surface area contributed by atoms with E-state index in [0.29, 0.717) is 31.1 Å². The smallest absolute Gasteiger partial charge is 0.268 e. The van der Waals surface area contributed by atoms with Crippen molar-refractivity contribution in [1.82, 2.24) is 9.55 Å². The van der Waals surface area contributed by atoms with Gasteiger partial charge < -0.3 is 24.9 Å². The van der Waals surface area contributed by atoms with Crippen molar-refractivity contribution >= 4 is 17.5 Å². The quantitative estimate of drug-likeness (QED) is 0.440. The number of aromatic nitrogens is 2. The van der Waals surface area contributed by atoms with E-state index in [0.717, 1.165) is 17.1 Å². The van der Waals surface area contributed by atoms with Crippen LogP contribution in [0.5, 0.6) is 11.5 Å². The number of nitrogens with zero attached hydrogens (tertiary/aromatic N) is 2. The molecule has 0 saturated carbocycles. The molecule has 1 amide bonds. The molecule has 3 N–H and O–H groups in total. The van der Waals surface area contributed by atoms with E-state index in [2.05, 4.69) is 4.98 Å². The molecule has 0 fully saturated rings. The number of ether oxygens (including phenoxy) is 2. The lowest BCUT2D eigenvalue weighted by Crippen LogP contribution is -2.21. The van der Waals surface area contributed by atoms with Gasteiger partial charge in [0.1, 0.15) is 30.4 Å². The molecule has 0 aliphatic heterocycles. The van der Waals surface area contributed by atoms with Crippen molar-refractivity contribution in [1.29, 1.82) is 0 Å². The van der Waals surface area contributed by atoms with Crippen LogP contribution in [0.2, 0.25) is 5.02 Å². The first kappa shape index (κ1) is 22.7. The Morgan fingerprint density at radius 2 is 1.87 bits per heavy atom. The van der Waals surface area contributed by atoms with Gasteiger partial charge in [-0.05, 0) is 55.7 Å². The Morgan fingerprint density at radius 1 is 1.16 bits per heavy atom. The van der Waals surface area contributed by atoms with Crippen molar-refractivity contribution in [2.24, 2.45) is 5.73 Å². The van der Waals surface area contributed by atoms with Gasteiger partial charge in [0.2, 0.25) is 0 Å². The van der Waals surface area contributed by atoms with E-state index in [-0.39, 0.29) is 11.7 Å². The molecule has 0 aliphatic carbocycles. The van der Waals surface area contributed by atoms with Crippen molar-refractivity contribution < 1.29 is 19.4 Å². The number of rotatable bonds is 11. The second kappa shape index (κ2) is 10.8. The number of halogens is 1. The van der Waals surface area contributed by atoms with Crippen LogP contribution in [0.4, 0.5) is 0 Å². The number of nitrogens with two attached hydrogens (primary N) is 1. The van der Waals surface area contributed by atoms with Gasteiger partial charge >= 0.3 is 0 Å². The Balaban J connectivity index is 1.57. The minimum absolute atomic E-state index is 0.176. The number of para-hydroxylation sites is 1. The zero-order chi connectivity index (χ0) is 22.2. The molecule has 0 unspecified atom stereocenters. The standard InChI is InChI=1S/C23H26ClN3O4/c1-16(28)21(27-14-20(23(25)29)26-15-27)11-6-17-4-2-3-5-22(17)31-13-12-30-19-9-7-18(24)8-10-19/h2-5,7-10,14-16,21,28H,6,11-13H2,1H3,(H2,25,29)/t16-,21+/m0/s1. The second-order valence-corrected chi connectivity index (χ2v) is 7.61. The Morgan fingerprint density at radius 3 is 2.55 bits per heavy atom. The molecule has 0 bridgehead atoms. The fourth-order valence-corrected chi connectivity index (χ4v) is 3.41. The zero-order valence-corrected chi connectivity index (χ0v) is 18.0. The molecule has 1 aromatic heterocycles. The summed E-state index contributed by atoms with van der Waals surface area (Å²) in [5, 5.41) is 10.9. The number of imidazole rings is 1. The van der Waals surface area contributed by atoms with E-state index in [9.17, 15) is 9.90 Å². The largest absolute Gasteiger partial charge is 0.490 e. The first-order valence-corrected chi connectivity index (χ1v) is 10.4. The Kier molecular flexibility index (Phi) is 7.92. The lowest BCUT2D eigenvalue weighted by atomic mass is 10.0. The van der Waals surface area contributed by atoms with E-state index < -0.39 is 12.0 Å². The Hall–Kier alpha value is -3.03. The maximum absolute atomic E-state index is 11.3. The molecule has 31 heavy (non-hydrogen) atoms. The highest BCUT2D eigenvalue weighted by molar-refractivity contribution is 6.30. The maximum Gasteiger partial charge on any atom is 0.268 e. The van der Waals surface area contributed by atoms with Crippen LogP contribution < -0.4 is 15.2 Å². The number of amides is 1. The van der Waals surface area contributed by atoms with Crippen molar-refractivity contribution in [2.45, 2.75) is 31.9 Å². The van der Waals surface area contributed by atoms with Crippen molar-refractivity contribution in [3.05, 3.63) is 77.3 Å².